The Kier molecular flexibility index (Phi) is 5.15. The monoisotopic (exact) mass is 213 g/mol. The van der Waals surface area contributed by atoms with Gasteiger partial charge in [-0.2, -0.15) is 0 Å². The van der Waals surface area contributed by atoms with Gasteiger partial charge in [0.05, 0.1) is 12.5 Å². The molecule has 1 atom stereocenters. The van der Waals surface area contributed by atoms with E-state index in [4.69, 9.17) is 4.74 Å². The molecular formula is C11H19NO3. The van der Waals surface area contributed by atoms with Crippen LogP contribution in [0.5, 0.6) is 0 Å². The predicted molar refractivity (Wildman–Crippen MR) is 56.2 cm³/mol. The maximum absolute atomic E-state index is 11.5. The van der Waals surface area contributed by atoms with Gasteiger partial charge in [-0.25, -0.2) is 0 Å². The molecule has 1 saturated heterocycles. The van der Waals surface area contributed by atoms with Gasteiger partial charge >= 0.3 is 5.97 Å². The largest absolute Gasteiger partial charge is 0.466 e. The van der Waals surface area contributed by atoms with Crippen LogP contribution in [-0.2, 0) is 14.3 Å². The molecule has 1 aliphatic heterocycles. The maximum Gasteiger partial charge on any atom is 0.308 e. The highest BCUT2D eigenvalue weighted by Gasteiger charge is 2.20. The lowest BCUT2D eigenvalue weighted by Gasteiger charge is -2.13. The highest BCUT2D eigenvalue weighted by molar-refractivity contribution is 5.76. The fourth-order valence-electron chi connectivity index (χ4n) is 1.81. The topological polar surface area (TPSA) is 55.4 Å². The van der Waals surface area contributed by atoms with E-state index in [1.165, 1.54) is 0 Å². The molecule has 0 saturated carbocycles. The first kappa shape index (κ1) is 12.0. The predicted octanol–water partition coefficient (Wildman–Crippen LogP) is 1.25. The van der Waals surface area contributed by atoms with Crippen molar-refractivity contribution in [2.45, 2.75) is 39.0 Å². The van der Waals surface area contributed by atoms with Crippen molar-refractivity contribution in [3.05, 3.63) is 0 Å². The van der Waals surface area contributed by atoms with Crippen LogP contribution in [0.25, 0.3) is 0 Å². The molecule has 0 aromatic rings. The maximum atomic E-state index is 11.5. The van der Waals surface area contributed by atoms with Crippen LogP contribution >= 0.6 is 0 Å². The normalized spacial score (nSPS) is 23.3. The van der Waals surface area contributed by atoms with E-state index in [0.717, 1.165) is 25.7 Å². The summed E-state index contributed by atoms with van der Waals surface area (Å²) in [5.41, 5.74) is 0. The molecule has 0 bridgehead atoms. The molecule has 0 spiro atoms. The molecule has 86 valence electrons. The average Bonchev–Trinajstić information content (AvgIpc) is 2.30. The molecule has 4 heteroatoms. The Balaban J connectivity index is 2.42. The summed E-state index contributed by atoms with van der Waals surface area (Å²) in [5, 5.41) is 2.82. The Hall–Kier alpha value is -1.06. The Morgan fingerprint density at radius 2 is 2.20 bits per heavy atom. The van der Waals surface area contributed by atoms with Crippen molar-refractivity contribution >= 4 is 11.9 Å². The van der Waals surface area contributed by atoms with Crippen molar-refractivity contribution < 1.29 is 14.3 Å². The third-order valence-corrected chi connectivity index (χ3v) is 2.63. The van der Waals surface area contributed by atoms with E-state index >= 15 is 0 Å². The molecule has 4 nitrogen and oxygen atoms in total. The molecule has 1 fully saturated rings. The third kappa shape index (κ3) is 4.32. The van der Waals surface area contributed by atoms with Gasteiger partial charge in [-0.15, -0.1) is 0 Å². The lowest BCUT2D eigenvalue weighted by Crippen LogP contribution is -2.23. The van der Waals surface area contributed by atoms with Crippen molar-refractivity contribution in [1.82, 2.24) is 5.32 Å². The van der Waals surface area contributed by atoms with E-state index in [2.05, 4.69) is 5.32 Å². The summed E-state index contributed by atoms with van der Waals surface area (Å²) in [6, 6.07) is 0. The number of esters is 1. The van der Waals surface area contributed by atoms with Crippen LogP contribution in [0, 0.1) is 5.92 Å². The average molecular weight is 213 g/mol. The van der Waals surface area contributed by atoms with Gasteiger partial charge in [0.25, 0.3) is 0 Å². The summed E-state index contributed by atoms with van der Waals surface area (Å²) >= 11 is 0. The van der Waals surface area contributed by atoms with Crippen LogP contribution in [0.2, 0.25) is 0 Å². The lowest BCUT2D eigenvalue weighted by atomic mass is 9.97. The first-order valence-corrected chi connectivity index (χ1v) is 5.67. The summed E-state index contributed by atoms with van der Waals surface area (Å²) in [7, 11) is 0. The van der Waals surface area contributed by atoms with Gasteiger partial charge in [0, 0.05) is 13.0 Å². The van der Waals surface area contributed by atoms with Crippen LogP contribution in [0.1, 0.15) is 39.0 Å². The molecule has 1 aliphatic rings. The Morgan fingerprint density at radius 1 is 1.47 bits per heavy atom. The van der Waals surface area contributed by atoms with Crippen molar-refractivity contribution in [1.29, 1.82) is 0 Å². The molecule has 0 aromatic carbocycles. The fraction of sp³-hybridized carbons (Fsp3) is 0.818. The number of carbonyl (C=O) groups excluding carboxylic acids is 2. The number of carbonyl (C=O) groups is 2. The number of amides is 1. The van der Waals surface area contributed by atoms with E-state index in [1.54, 1.807) is 0 Å². The van der Waals surface area contributed by atoms with Gasteiger partial charge in [0.2, 0.25) is 5.91 Å². The number of ether oxygens (including phenoxy) is 1. The lowest BCUT2D eigenvalue weighted by molar-refractivity contribution is -0.148. The molecule has 1 rings (SSSR count). The highest BCUT2D eigenvalue weighted by atomic mass is 16.5. The molecule has 15 heavy (non-hydrogen) atoms. The van der Waals surface area contributed by atoms with Gasteiger partial charge < -0.3 is 10.1 Å². The van der Waals surface area contributed by atoms with Crippen LogP contribution in [-0.4, -0.2) is 25.0 Å². The summed E-state index contributed by atoms with van der Waals surface area (Å²) in [6.45, 7) is 2.93. The van der Waals surface area contributed by atoms with Crippen LogP contribution in [0.15, 0.2) is 0 Å². The number of rotatable bonds is 2. The Labute approximate surface area is 90.4 Å². The summed E-state index contributed by atoms with van der Waals surface area (Å²) in [6.07, 6.45) is 3.74. The number of nitrogens with one attached hydrogen (secondary N) is 1. The zero-order valence-corrected chi connectivity index (χ0v) is 9.25. The van der Waals surface area contributed by atoms with Gasteiger partial charge in [-0.3, -0.25) is 9.59 Å². The number of hydrogen-bond donors (Lipinski definition) is 1. The quantitative estimate of drug-likeness (QED) is 0.702. The SMILES string of the molecule is CCOC(=O)C1CCCNC(=O)CCC1. The third-order valence-electron chi connectivity index (χ3n) is 2.63. The first-order chi connectivity index (χ1) is 7.24. The van der Waals surface area contributed by atoms with Crippen molar-refractivity contribution in [2.75, 3.05) is 13.2 Å². The van der Waals surface area contributed by atoms with E-state index in [0.29, 0.717) is 19.6 Å². The zero-order valence-electron chi connectivity index (χ0n) is 9.25. The van der Waals surface area contributed by atoms with Gasteiger partial charge in [-0.05, 0) is 32.6 Å². The minimum absolute atomic E-state index is 0.0161. The fourth-order valence-corrected chi connectivity index (χ4v) is 1.81. The standard InChI is InChI=1S/C11H19NO3/c1-2-15-11(14)9-5-3-7-10(13)12-8-4-6-9/h9H,2-8H2,1H3,(H,12,13). The van der Waals surface area contributed by atoms with Gasteiger partial charge in [0.1, 0.15) is 0 Å². The van der Waals surface area contributed by atoms with E-state index in [-0.39, 0.29) is 17.8 Å². The summed E-state index contributed by atoms with van der Waals surface area (Å²) < 4.78 is 5.00. The van der Waals surface area contributed by atoms with Crippen LogP contribution < -0.4 is 5.32 Å². The summed E-state index contributed by atoms with van der Waals surface area (Å²) in [5.74, 6) is -0.0241. The molecule has 0 radical (unpaired) electrons. The minimum Gasteiger partial charge on any atom is -0.466 e. The second-order valence-corrected chi connectivity index (χ2v) is 3.83. The van der Waals surface area contributed by atoms with Gasteiger partial charge in [-0.1, -0.05) is 0 Å². The highest BCUT2D eigenvalue weighted by Crippen LogP contribution is 2.17. The summed E-state index contributed by atoms with van der Waals surface area (Å²) in [4.78, 5) is 22.7. The van der Waals surface area contributed by atoms with Crippen molar-refractivity contribution in [3.63, 3.8) is 0 Å². The smallest absolute Gasteiger partial charge is 0.308 e. The molecule has 1 amide bonds. The van der Waals surface area contributed by atoms with E-state index in [1.807, 2.05) is 6.92 Å². The molecule has 0 aromatic heterocycles. The van der Waals surface area contributed by atoms with Crippen molar-refractivity contribution in [3.8, 4) is 0 Å². The minimum atomic E-state index is -0.105. The molecular weight excluding hydrogens is 194 g/mol. The van der Waals surface area contributed by atoms with E-state index < -0.39 is 0 Å². The van der Waals surface area contributed by atoms with Crippen LogP contribution in [0.3, 0.4) is 0 Å². The van der Waals surface area contributed by atoms with Crippen molar-refractivity contribution in [2.24, 2.45) is 5.92 Å². The Bertz CT molecular complexity index is 228. The van der Waals surface area contributed by atoms with E-state index in [9.17, 15) is 9.59 Å². The first-order valence-electron chi connectivity index (χ1n) is 5.67. The number of hydrogen-bond acceptors (Lipinski definition) is 3. The molecule has 1 N–H and O–H groups in total. The molecule has 0 aliphatic carbocycles. The van der Waals surface area contributed by atoms with Gasteiger partial charge in [0.15, 0.2) is 0 Å². The molecule has 1 unspecified atom stereocenters. The molecule has 1 heterocycles. The second kappa shape index (κ2) is 6.43. The Morgan fingerprint density at radius 3 is 2.93 bits per heavy atom. The second-order valence-electron chi connectivity index (χ2n) is 3.83. The van der Waals surface area contributed by atoms with Crippen LogP contribution in [0.4, 0.5) is 0 Å². The zero-order chi connectivity index (χ0) is 11.1.